The molecule has 1 heterocycles. The second kappa shape index (κ2) is 6.64. The summed E-state index contributed by atoms with van der Waals surface area (Å²) in [5.74, 6) is -0.138. The lowest BCUT2D eigenvalue weighted by molar-refractivity contribution is 0.0514. The minimum Gasteiger partial charge on any atom is -0.446 e. The zero-order chi connectivity index (χ0) is 18.0. The minimum atomic E-state index is -3.96. The topological polar surface area (TPSA) is 98.5 Å². The van der Waals surface area contributed by atoms with Gasteiger partial charge in [0.1, 0.15) is 11.9 Å². The van der Waals surface area contributed by atoms with Crippen molar-refractivity contribution in [2.24, 2.45) is 0 Å². The number of benzene rings is 1. The van der Waals surface area contributed by atoms with Gasteiger partial charge >= 0.3 is 6.09 Å². The van der Waals surface area contributed by atoms with Crippen molar-refractivity contribution in [3.05, 3.63) is 48.2 Å². The van der Waals surface area contributed by atoms with Gasteiger partial charge in [0.15, 0.2) is 0 Å². The van der Waals surface area contributed by atoms with Crippen LogP contribution in [0.3, 0.4) is 0 Å². The van der Waals surface area contributed by atoms with E-state index in [0.717, 1.165) is 5.56 Å². The number of alkyl carbamates (subject to hydrolysis) is 1. The van der Waals surface area contributed by atoms with Crippen LogP contribution in [0, 0.1) is 6.92 Å². The molecule has 0 radical (unpaired) electrons. The number of carbonyl (C=O) groups excluding carboxylic acids is 1. The van der Waals surface area contributed by atoms with Crippen molar-refractivity contribution in [3.8, 4) is 0 Å². The van der Waals surface area contributed by atoms with Crippen LogP contribution in [-0.2, 0) is 14.6 Å². The minimum absolute atomic E-state index is 0.0485. The fourth-order valence-corrected chi connectivity index (χ4v) is 3.34. The molecule has 1 atom stereocenters. The molecule has 0 saturated carbocycles. The molecule has 2 aromatic rings. The maximum atomic E-state index is 12.9. The first-order valence-electron chi connectivity index (χ1n) is 7.29. The second-order valence-electron chi connectivity index (χ2n) is 6.25. The van der Waals surface area contributed by atoms with Gasteiger partial charge in [-0.1, -0.05) is 17.7 Å². The van der Waals surface area contributed by atoms with E-state index in [1.165, 1.54) is 24.6 Å². The van der Waals surface area contributed by atoms with Gasteiger partial charge in [0.05, 0.1) is 11.1 Å². The molecule has 0 bridgehead atoms. The van der Waals surface area contributed by atoms with Crippen LogP contribution in [0.2, 0.25) is 0 Å². The standard InChI is InChI=1S/C16H20N2O5S/c1-11-5-7-12(8-6-11)24(20,21)14(13-17-9-10-22-13)18-15(19)23-16(2,3)4/h5-10,14H,1-4H3,(H,18,19). The Labute approximate surface area is 141 Å². The molecule has 1 aromatic heterocycles. The molecule has 1 amide bonds. The number of hydrogen-bond acceptors (Lipinski definition) is 6. The van der Waals surface area contributed by atoms with E-state index in [1.807, 2.05) is 6.92 Å². The van der Waals surface area contributed by atoms with Crippen molar-refractivity contribution in [3.63, 3.8) is 0 Å². The zero-order valence-electron chi connectivity index (χ0n) is 13.9. The van der Waals surface area contributed by atoms with Gasteiger partial charge in [-0.3, -0.25) is 5.32 Å². The van der Waals surface area contributed by atoms with Gasteiger partial charge in [-0.2, -0.15) is 0 Å². The lowest BCUT2D eigenvalue weighted by Gasteiger charge is -2.22. The predicted molar refractivity (Wildman–Crippen MR) is 87.0 cm³/mol. The van der Waals surface area contributed by atoms with E-state index >= 15 is 0 Å². The lowest BCUT2D eigenvalue weighted by atomic mass is 10.2. The number of sulfone groups is 1. The quantitative estimate of drug-likeness (QED) is 0.908. The summed E-state index contributed by atoms with van der Waals surface area (Å²) in [4.78, 5) is 15.9. The summed E-state index contributed by atoms with van der Waals surface area (Å²) < 4.78 is 36.0. The van der Waals surface area contributed by atoms with Gasteiger partial charge in [-0.05, 0) is 39.8 Å². The normalized spacial score (nSPS) is 13.3. The Bertz CT molecular complexity index is 790. The number of nitrogens with one attached hydrogen (secondary N) is 1. The number of rotatable bonds is 4. The second-order valence-corrected chi connectivity index (χ2v) is 8.29. The Hall–Kier alpha value is -2.35. The zero-order valence-corrected chi connectivity index (χ0v) is 14.8. The van der Waals surface area contributed by atoms with Gasteiger partial charge in [-0.15, -0.1) is 0 Å². The molecule has 0 saturated heterocycles. The van der Waals surface area contributed by atoms with Gasteiger partial charge in [0.2, 0.25) is 21.1 Å². The first-order valence-corrected chi connectivity index (χ1v) is 8.84. The largest absolute Gasteiger partial charge is 0.446 e. The molecule has 0 aliphatic rings. The summed E-state index contributed by atoms with van der Waals surface area (Å²) in [7, 11) is -3.96. The molecule has 0 aliphatic carbocycles. The molecule has 1 N–H and O–H groups in total. The third kappa shape index (κ3) is 4.35. The van der Waals surface area contributed by atoms with Crippen LogP contribution in [0.5, 0.6) is 0 Å². The van der Waals surface area contributed by atoms with E-state index in [9.17, 15) is 13.2 Å². The first kappa shape index (κ1) is 18.0. The highest BCUT2D eigenvalue weighted by atomic mass is 32.2. The van der Waals surface area contributed by atoms with E-state index < -0.39 is 26.9 Å². The fraction of sp³-hybridized carbons (Fsp3) is 0.375. The number of nitrogens with zero attached hydrogens (tertiary/aromatic N) is 1. The van der Waals surface area contributed by atoms with Gasteiger partial charge < -0.3 is 9.15 Å². The predicted octanol–water partition coefficient (Wildman–Crippen LogP) is 2.98. The Morgan fingerprint density at radius 3 is 2.38 bits per heavy atom. The Morgan fingerprint density at radius 1 is 1.25 bits per heavy atom. The van der Waals surface area contributed by atoms with Crippen LogP contribution in [0.15, 0.2) is 46.0 Å². The number of amides is 1. The number of ether oxygens (including phenoxy) is 1. The van der Waals surface area contributed by atoms with Crippen LogP contribution < -0.4 is 5.32 Å². The highest BCUT2D eigenvalue weighted by Crippen LogP contribution is 2.26. The highest BCUT2D eigenvalue weighted by molar-refractivity contribution is 7.91. The van der Waals surface area contributed by atoms with Crippen molar-refractivity contribution < 1.29 is 22.4 Å². The van der Waals surface area contributed by atoms with E-state index in [0.29, 0.717) is 0 Å². The maximum Gasteiger partial charge on any atom is 0.409 e. The van der Waals surface area contributed by atoms with Crippen LogP contribution in [-0.4, -0.2) is 25.1 Å². The third-order valence-electron chi connectivity index (χ3n) is 2.98. The molecule has 130 valence electrons. The first-order chi connectivity index (χ1) is 11.1. The summed E-state index contributed by atoms with van der Waals surface area (Å²) >= 11 is 0. The van der Waals surface area contributed by atoms with Crippen LogP contribution >= 0.6 is 0 Å². The van der Waals surface area contributed by atoms with Crippen LogP contribution in [0.25, 0.3) is 0 Å². The average molecular weight is 352 g/mol. The molecule has 8 heteroatoms. The summed E-state index contributed by atoms with van der Waals surface area (Å²) in [6.07, 6.45) is 1.68. The van der Waals surface area contributed by atoms with Crippen molar-refractivity contribution >= 4 is 15.9 Å². The molecule has 24 heavy (non-hydrogen) atoms. The molecular formula is C16H20N2O5S. The lowest BCUT2D eigenvalue weighted by Crippen LogP contribution is -2.38. The molecule has 0 spiro atoms. The molecule has 1 aromatic carbocycles. The smallest absolute Gasteiger partial charge is 0.409 e. The SMILES string of the molecule is Cc1ccc(S(=O)(=O)C(NC(=O)OC(C)(C)C)c2ncco2)cc1. The fourth-order valence-electron chi connectivity index (χ4n) is 1.91. The number of carbonyl (C=O) groups is 1. The number of hydrogen-bond donors (Lipinski definition) is 1. The molecule has 0 fully saturated rings. The van der Waals surface area contributed by atoms with E-state index in [-0.39, 0.29) is 10.8 Å². The van der Waals surface area contributed by atoms with E-state index in [2.05, 4.69) is 10.3 Å². The summed E-state index contributed by atoms with van der Waals surface area (Å²) in [5, 5.41) is 0.843. The summed E-state index contributed by atoms with van der Waals surface area (Å²) in [5.41, 5.74) is 0.153. The van der Waals surface area contributed by atoms with Crippen molar-refractivity contribution in [2.75, 3.05) is 0 Å². The third-order valence-corrected chi connectivity index (χ3v) is 4.85. The van der Waals surface area contributed by atoms with E-state index in [1.54, 1.807) is 32.9 Å². The van der Waals surface area contributed by atoms with Crippen LogP contribution in [0.1, 0.15) is 37.6 Å². The Kier molecular flexibility index (Phi) is 4.98. The average Bonchev–Trinajstić information content (AvgIpc) is 2.97. The Morgan fingerprint density at radius 2 is 1.88 bits per heavy atom. The summed E-state index contributed by atoms with van der Waals surface area (Å²) in [6.45, 7) is 6.89. The van der Waals surface area contributed by atoms with E-state index in [4.69, 9.17) is 9.15 Å². The number of oxazole rings is 1. The van der Waals surface area contributed by atoms with Crippen molar-refractivity contribution in [1.29, 1.82) is 0 Å². The highest BCUT2D eigenvalue weighted by Gasteiger charge is 2.35. The monoisotopic (exact) mass is 352 g/mol. The molecule has 1 unspecified atom stereocenters. The maximum absolute atomic E-state index is 12.9. The Balaban J connectivity index is 2.36. The van der Waals surface area contributed by atoms with Gasteiger partial charge in [-0.25, -0.2) is 18.2 Å². The molecular weight excluding hydrogens is 332 g/mol. The summed E-state index contributed by atoms with van der Waals surface area (Å²) in [6, 6.07) is 6.29. The van der Waals surface area contributed by atoms with Crippen molar-refractivity contribution in [2.45, 2.75) is 43.6 Å². The van der Waals surface area contributed by atoms with Crippen molar-refractivity contribution in [1.82, 2.24) is 10.3 Å². The molecule has 0 aliphatic heterocycles. The van der Waals surface area contributed by atoms with Gasteiger partial charge in [0, 0.05) is 0 Å². The van der Waals surface area contributed by atoms with Crippen LogP contribution in [0.4, 0.5) is 4.79 Å². The molecule has 2 rings (SSSR count). The van der Waals surface area contributed by atoms with Gasteiger partial charge in [0.25, 0.3) is 0 Å². The number of aryl methyl sites for hydroxylation is 1. The number of aromatic nitrogens is 1. The molecule has 7 nitrogen and oxygen atoms in total.